The van der Waals surface area contributed by atoms with Crippen LogP contribution < -0.4 is 15.4 Å². The van der Waals surface area contributed by atoms with E-state index >= 15 is 0 Å². The number of aliphatic hydroxyl groups excluding tert-OH is 1. The van der Waals surface area contributed by atoms with Crippen LogP contribution in [0.1, 0.15) is 42.3 Å². The lowest BCUT2D eigenvalue weighted by Crippen LogP contribution is -2.42. The van der Waals surface area contributed by atoms with E-state index in [1.165, 1.54) is 19.2 Å². The standard InChI is InChI=1S/C31H36N4O6S/c1-31(2,15-17-35-16-14-22-18-24(12-13-27(22)35)30(38)32-21-29(37)41-3)33-20-28(36)23-8-7-9-25(19-23)34-42(39,40)26-10-5-4-6-11-26/h4-14,16,18-19,28,33-34,36H,15,17,20-21H2,1-3H3,(H,32,38)/t28-/m0/s1. The number of hydrogen-bond donors (Lipinski definition) is 4. The van der Waals surface area contributed by atoms with Crippen molar-refractivity contribution in [3.05, 3.63) is 96.2 Å². The Morgan fingerprint density at radius 3 is 2.50 bits per heavy atom. The molecule has 1 amide bonds. The van der Waals surface area contributed by atoms with Gasteiger partial charge in [0, 0.05) is 47.0 Å². The molecule has 0 bridgehead atoms. The monoisotopic (exact) mass is 592 g/mol. The van der Waals surface area contributed by atoms with E-state index in [1.807, 2.05) is 18.3 Å². The first-order valence-electron chi connectivity index (χ1n) is 13.5. The molecule has 0 spiro atoms. The van der Waals surface area contributed by atoms with Crippen LogP contribution in [0.15, 0.2) is 90.0 Å². The van der Waals surface area contributed by atoms with Crippen molar-refractivity contribution in [1.29, 1.82) is 0 Å². The van der Waals surface area contributed by atoms with Crippen LogP contribution in [0.2, 0.25) is 0 Å². The van der Waals surface area contributed by atoms with Gasteiger partial charge >= 0.3 is 5.97 Å². The third-order valence-corrected chi connectivity index (χ3v) is 8.38. The molecule has 3 aromatic carbocycles. The van der Waals surface area contributed by atoms with Gasteiger partial charge in [-0.15, -0.1) is 0 Å². The van der Waals surface area contributed by atoms with Gasteiger partial charge in [-0.25, -0.2) is 8.42 Å². The van der Waals surface area contributed by atoms with Gasteiger partial charge in [0.05, 0.1) is 18.1 Å². The minimum absolute atomic E-state index is 0.163. The van der Waals surface area contributed by atoms with Crippen molar-refractivity contribution in [3.8, 4) is 0 Å². The lowest BCUT2D eigenvalue weighted by atomic mass is 9.99. The van der Waals surface area contributed by atoms with E-state index in [-0.39, 0.29) is 29.4 Å². The summed E-state index contributed by atoms with van der Waals surface area (Å²) < 4.78 is 34.6. The van der Waals surface area contributed by atoms with Gasteiger partial charge in [0.15, 0.2) is 0 Å². The first-order chi connectivity index (χ1) is 20.0. The second-order valence-electron chi connectivity index (χ2n) is 10.6. The third-order valence-electron chi connectivity index (χ3n) is 6.98. The Balaban J connectivity index is 1.32. The lowest BCUT2D eigenvalue weighted by molar-refractivity contribution is -0.139. The Bertz CT molecular complexity index is 1650. The number of β-amino-alcohol motifs (C(OH)–C–C–N with tert-alkyl or cyclic N) is 1. The van der Waals surface area contributed by atoms with Gasteiger partial charge in [-0.3, -0.25) is 14.3 Å². The topological polar surface area (TPSA) is 139 Å². The summed E-state index contributed by atoms with van der Waals surface area (Å²) in [6.45, 7) is 4.89. The second kappa shape index (κ2) is 13.2. The van der Waals surface area contributed by atoms with Crippen LogP contribution in [-0.4, -0.2) is 55.7 Å². The zero-order valence-corrected chi connectivity index (χ0v) is 24.6. The maximum Gasteiger partial charge on any atom is 0.325 e. The highest BCUT2D eigenvalue weighted by atomic mass is 32.2. The van der Waals surface area contributed by atoms with Gasteiger partial charge in [0.25, 0.3) is 15.9 Å². The Morgan fingerprint density at radius 2 is 1.76 bits per heavy atom. The quantitative estimate of drug-likeness (QED) is 0.173. The summed E-state index contributed by atoms with van der Waals surface area (Å²) in [5.41, 5.74) is 2.08. The number of sulfonamides is 1. The van der Waals surface area contributed by atoms with E-state index in [9.17, 15) is 23.1 Å². The fourth-order valence-electron chi connectivity index (χ4n) is 4.47. The van der Waals surface area contributed by atoms with Crippen LogP contribution in [-0.2, 0) is 26.1 Å². The first-order valence-corrected chi connectivity index (χ1v) is 15.0. The molecular weight excluding hydrogens is 556 g/mol. The van der Waals surface area contributed by atoms with E-state index in [4.69, 9.17) is 0 Å². The van der Waals surface area contributed by atoms with Crippen molar-refractivity contribution in [2.24, 2.45) is 0 Å². The van der Waals surface area contributed by atoms with Crippen LogP contribution in [0.4, 0.5) is 5.69 Å². The molecule has 10 nitrogen and oxygen atoms in total. The fraction of sp³-hybridized carbons (Fsp3) is 0.290. The molecule has 0 aliphatic heterocycles. The van der Waals surface area contributed by atoms with Gasteiger partial charge in [0.1, 0.15) is 6.54 Å². The van der Waals surface area contributed by atoms with Crippen LogP contribution in [0.3, 0.4) is 0 Å². The van der Waals surface area contributed by atoms with Gasteiger partial charge in [-0.1, -0.05) is 30.3 Å². The summed E-state index contributed by atoms with van der Waals surface area (Å²) in [4.78, 5) is 23.8. The average Bonchev–Trinajstić information content (AvgIpc) is 3.40. The minimum Gasteiger partial charge on any atom is -0.468 e. The molecule has 0 saturated heterocycles. The molecule has 4 rings (SSSR count). The van der Waals surface area contributed by atoms with E-state index < -0.39 is 22.1 Å². The smallest absolute Gasteiger partial charge is 0.325 e. The molecule has 1 heterocycles. The highest BCUT2D eigenvalue weighted by Gasteiger charge is 2.21. The van der Waals surface area contributed by atoms with Gasteiger partial charge in [0.2, 0.25) is 0 Å². The Kier molecular flexibility index (Phi) is 9.66. The number of nitrogens with zero attached hydrogens (tertiary/aromatic N) is 1. The minimum atomic E-state index is -3.74. The number of carbonyl (C=O) groups excluding carboxylic acids is 2. The number of ether oxygens (including phenoxy) is 1. The summed E-state index contributed by atoms with van der Waals surface area (Å²) in [6.07, 6.45) is 1.87. The predicted molar refractivity (Wildman–Crippen MR) is 162 cm³/mol. The number of aryl methyl sites for hydroxylation is 1. The molecule has 0 aliphatic carbocycles. The van der Waals surface area contributed by atoms with Crippen LogP contribution in [0, 0.1) is 0 Å². The van der Waals surface area contributed by atoms with Gasteiger partial charge in [-0.2, -0.15) is 0 Å². The number of aromatic nitrogens is 1. The second-order valence-corrected chi connectivity index (χ2v) is 12.3. The zero-order valence-electron chi connectivity index (χ0n) is 23.8. The van der Waals surface area contributed by atoms with Crippen molar-refractivity contribution in [2.75, 3.05) is 24.9 Å². The van der Waals surface area contributed by atoms with Crippen LogP contribution >= 0.6 is 0 Å². The Hall–Kier alpha value is -4.19. The summed E-state index contributed by atoms with van der Waals surface area (Å²) in [6, 6.07) is 22.2. The molecular formula is C31H36N4O6S. The average molecular weight is 593 g/mol. The first kappa shape index (κ1) is 30.8. The molecule has 0 saturated carbocycles. The van der Waals surface area contributed by atoms with E-state index in [2.05, 4.69) is 38.5 Å². The van der Waals surface area contributed by atoms with Crippen molar-refractivity contribution in [2.45, 2.75) is 43.4 Å². The highest BCUT2D eigenvalue weighted by Crippen LogP contribution is 2.23. The lowest BCUT2D eigenvalue weighted by Gasteiger charge is -2.28. The number of carbonyl (C=O) groups is 2. The number of benzene rings is 3. The molecule has 0 radical (unpaired) electrons. The molecule has 222 valence electrons. The molecule has 0 aliphatic rings. The fourth-order valence-corrected chi connectivity index (χ4v) is 5.54. The van der Waals surface area contributed by atoms with Gasteiger partial charge < -0.3 is 25.0 Å². The predicted octanol–water partition coefficient (Wildman–Crippen LogP) is 3.84. The van der Waals surface area contributed by atoms with Crippen molar-refractivity contribution in [1.82, 2.24) is 15.2 Å². The number of methoxy groups -OCH3 is 1. The molecule has 11 heteroatoms. The molecule has 42 heavy (non-hydrogen) atoms. The number of rotatable bonds is 13. The number of anilines is 1. The van der Waals surface area contributed by atoms with Crippen molar-refractivity contribution < 1.29 is 27.9 Å². The third kappa shape index (κ3) is 7.96. The van der Waals surface area contributed by atoms with Crippen molar-refractivity contribution >= 4 is 38.5 Å². The zero-order chi connectivity index (χ0) is 30.3. The molecule has 4 N–H and O–H groups in total. The van der Waals surface area contributed by atoms with Crippen LogP contribution in [0.5, 0.6) is 0 Å². The normalized spacial score (nSPS) is 12.6. The molecule has 1 atom stereocenters. The van der Waals surface area contributed by atoms with E-state index in [0.717, 1.165) is 17.3 Å². The van der Waals surface area contributed by atoms with Crippen molar-refractivity contribution in [3.63, 3.8) is 0 Å². The number of hydrogen-bond acceptors (Lipinski definition) is 7. The molecule has 4 aromatic rings. The number of nitrogens with one attached hydrogen (secondary N) is 3. The number of fused-ring (bicyclic) bond motifs is 1. The summed E-state index contributed by atoms with van der Waals surface area (Å²) in [7, 11) is -2.47. The molecule has 0 fully saturated rings. The molecule has 0 unspecified atom stereocenters. The largest absolute Gasteiger partial charge is 0.468 e. The van der Waals surface area contributed by atoms with E-state index in [0.29, 0.717) is 23.4 Å². The maximum atomic E-state index is 12.7. The maximum absolute atomic E-state index is 12.7. The summed E-state index contributed by atoms with van der Waals surface area (Å²) in [5, 5.41) is 17.7. The summed E-state index contributed by atoms with van der Waals surface area (Å²) >= 11 is 0. The van der Waals surface area contributed by atoms with Crippen LogP contribution in [0.25, 0.3) is 10.9 Å². The van der Waals surface area contributed by atoms with Gasteiger partial charge in [-0.05, 0) is 74.4 Å². The SMILES string of the molecule is COC(=O)CNC(=O)c1ccc2c(ccn2CCC(C)(C)NC[C@H](O)c2cccc(NS(=O)(=O)c3ccccc3)c2)c1. The Morgan fingerprint density at radius 1 is 1.00 bits per heavy atom. The van der Waals surface area contributed by atoms with E-state index in [1.54, 1.807) is 54.6 Å². The number of amides is 1. The number of esters is 1. The highest BCUT2D eigenvalue weighted by molar-refractivity contribution is 7.92. The molecule has 1 aromatic heterocycles. The Labute approximate surface area is 245 Å². The number of aliphatic hydroxyl groups is 1. The summed E-state index contributed by atoms with van der Waals surface area (Å²) in [5.74, 6) is -0.864.